The fourth-order valence-corrected chi connectivity index (χ4v) is 3.32. The molecule has 3 N–H and O–H groups in total. The number of nitrogens with zero attached hydrogens (tertiary/aromatic N) is 1. The molecule has 1 aliphatic rings. The predicted molar refractivity (Wildman–Crippen MR) is 102 cm³/mol. The Morgan fingerprint density at radius 3 is 2.85 bits per heavy atom. The molecule has 0 saturated heterocycles. The summed E-state index contributed by atoms with van der Waals surface area (Å²) in [5.74, 6) is 1.47. The summed E-state index contributed by atoms with van der Waals surface area (Å²) in [6, 6.07) is 13.1. The average molecular weight is 350 g/mol. The molecule has 3 aromatic rings. The maximum Gasteiger partial charge on any atom is 0.319 e. The quantitative estimate of drug-likeness (QED) is 0.664. The van der Waals surface area contributed by atoms with Crippen molar-refractivity contribution in [1.29, 1.82) is 0 Å². The number of hydrogen-bond donors (Lipinski definition) is 3. The summed E-state index contributed by atoms with van der Waals surface area (Å²) in [6.07, 6.45) is 0.828. The molecule has 2 amide bonds. The molecule has 0 spiro atoms. The molecule has 26 heavy (non-hydrogen) atoms. The lowest BCUT2D eigenvalue weighted by molar-refractivity contribution is 0.139. The van der Waals surface area contributed by atoms with Gasteiger partial charge in [0, 0.05) is 12.0 Å². The number of benzene rings is 2. The molecule has 6 nitrogen and oxygen atoms in total. The van der Waals surface area contributed by atoms with Crippen LogP contribution in [0.2, 0.25) is 0 Å². The number of ether oxygens (including phenoxy) is 1. The number of aromatic nitrogens is 2. The molecule has 2 heterocycles. The van der Waals surface area contributed by atoms with Gasteiger partial charge in [-0.15, -0.1) is 0 Å². The Balaban J connectivity index is 1.47. The Bertz CT molecular complexity index is 944. The summed E-state index contributed by atoms with van der Waals surface area (Å²) < 4.78 is 5.99. The van der Waals surface area contributed by atoms with Crippen LogP contribution in [0.3, 0.4) is 0 Å². The molecule has 0 saturated carbocycles. The molecule has 0 fully saturated rings. The molecule has 1 aliphatic heterocycles. The van der Waals surface area contributed by atoms with Gasteiger partial charge in [0.25, 0.3) is 0 Å². The second kappa shape index (κ2) is 6.05. The van der Waals surface area contributed by atoms with Gasteiger partial charge in [0.15, 0.2) is 0 Å². The zero-order valence-corrected chi connectivity index (χ0v) is 15.1. The number of hydrogen-bond acceptors (Lipinski definition) is 3. The Morgan fingerprint density at radius 2 is 2.04 bits per heavy atom. The van der Waals surface area contributed by atoms with E-state index in [4.69, 9.17) is 4.74 Å². The van der Waals surface area contributed by atoms with Crippen LogP contribution in [0, 0.1) is 0 Å². The van der Waals surface area contributed by atoms with Gasteiger partial charge in [0.2, 0.25) is 0 Å². The summed E-state index contributed by atoms with van der Waals surface area (Å²) in [4.78, 5) is 20.2. The van der Waals surface area contributed by atoms with Crippen molar-refractivity contribution in [1.82, 2.24) is 15.3 Å². The van der Waals surface area contributed by atoms with Gasteiger partial charge in [-0.2, -0.15) is 0 Å². The van der Waals surface area contributed by atoms with E-state index in [0.717, 1.165) is 34.6 Å². The largest absolute Gasteiger partial charge is 0.485 e. The summed E-state index contributed by atoms with van der Waals surface area (Å²) in [6.45, 7) is 5.98. The van der Waals surface area contributed by atoms with E-state index >= 15 is 0 Å². The summed E-state index contributed by atoms with van der Waals surface area (Å²) in [5.41, 5.74) is 3.37. The highest BCUT2D eigenvalue weighted by atomic mass is 16.5. The van der Waals surface area contributed by atoms with E-state index in [0.29, 0.717) is 5.69 Å². The maximum absolute atomic E-state index is 12.5. The lowest BCUT2D eigenvalue weighted by Crippen LogP contribution is -2.32. The summed E-state index contributed by atoms with van der Waals surface area (Å²) in [5, 5.41) is 5.82. The molecule has 0 radical (unpaired) electrons. The monoisotopic (exact) mass is 350 g/mol. The fourth-order valence-electron chi connectivity index (χ4n) is 3.32. The molecule has 2 aromatic carbocycles. The van der Waals surface area contributed by atoms with Crippen LogP contribution in [0.4, 0.5) is 10.5 Å². The van der Waals surface area contributed by atoms with Crippen LogP contribution in [-0.2, 0) is 6.42 Å². The number of amides is 2. The lowest BCUT2D eigenvalue weighted by atomic mass is 10.0. The van der Waals surface area contributed by atoms with Gasteiger partial charge < -0.3 is 20.4 Å². The minimum absolute atomic E-state index is 0.252. The minimum atomic E-state index is -0.292. The third-order valence-corrected chi connectivity index (χ3v) is 4.50. The van der Waals surface area contributed by atoms with Gasteiger partial charge in [-0.1, -0.05) is 24.3 Å². The van der Waals surface area contributed by atoms with Crippen LogP contribution in [0.25, 0.3) is 11.0 Å². The second-order valence-corrected chi connectivity index (χ2v) is 7.29. The highest BCUT2D eigenvalue weighted by Gasteiger charge is 2.32. The van der Waals surface area contributed by atoms with Crippen LogP contribution < -0.4 is 15.4 Å². The highest BCUT2D eigenvalue weighted by Crippen LogP contribution is 2.40. The molecule has 1 unspecified atom stereocenters. The lowest BCUT2D eigenvalue weighted by Gasteiger charge is -2.19. The summed E-state index contributed by atoms with van der Waals surface area (Å²) in [7, 11) is 0. The van der Waals surface area contributed by atoms with E-state index in [1.807, 2.05) is 63.2 Å². The second-order valence-electron chi connectivity index (χ2n) is 7.29. The molecule has 1 atom stereocenters. The third-order valence-electron chi connectivity index (χ3n) is 4.50. The predicted octanol–water partition coefficient (Wildman–Crippen LogP) is 4.16. The molecule has 0 bridgehead atoms. The third kappa shape index (κ3) is 3.10. The van der Waals surface area contributed by atoms with E-state index in [2.05, 4.69) is 20.6 Å². The number of rotatable bonds is 3. The topological polar surface area (TPSA) is 79.0 Å². The van der Waals surface area contributed by atoms with Crippen molar-refractivity contribution in [2.24, 2.45) is 0 Å². The van der Waals surface area contributed by atoms with Crippen molar-refractivity contribution >= 4 is 22.8 Å². The van der Waals surface area contributed by atoms with Gasteiger partial charge in [0.1, 0.15) is 17.2 Å². The Morgan fingerprint density at radius 1 is 1.23 bits per heavy atom. The first kappa shape index (κ1) is 16.4. The van der Waals surface area contributed by atoms with Gasteiger partial charge in [-0.25, -0.2) is 9.78 Å². The van der Waals surface area contributed by atoms with E-state index in [9.17, 15) is 4.79 Å². The van der Waals surface area contributed by atoms with Crippen LogP contribution in [0.1, 0.15) is 38.2 Å². The van der Waals surface area contributed by atoms with Crippen molar-refractivity contribution in [3.05, 3.63) is 53.9 Å². The molecule has 4 rings (SSSR count). The zero-order chi connectivity index (χ0) is 18.3. The Kier molecular flexibility index (Phi) is 3.83. The number of aromatic amines is 1. The molecule has 1 aromatic heterocycles. The average Bonchev–Trinajstić information content (AvgIpc) is 3.14. The number of H-pyrrole nitrogens is 1. The maximum atomic E-state index is 12.5. The SMILES string of the molecule is CC(NC(=O)Nc1cccc2c1OC(C)(C)C2)c1nc2ccccc2[nH]1. The molecule has 134 valence electrons. The van der Waals surface area contributed by atoms with Crippen LogP contribution in [0.5, 0.6) is 5.75 Å². The normalized spacial score (nSPS) is 16.0. The van der Waals surface area contributed by atoms with Gasteiger partial charge in [-0.05, 0) is 39.0 Å². The number of carbonyl (C=O) groups is 1. The van der Waals surface area contributed by atoms with Crippen molar-refractivity contribution in [2.45, 2.75) is 38.8 Å². The molecular weight excluding hydrogens is 328 g/mol. The van der Waals surface area contributed by atoms with Crippen LogP contribution in [0.15, 0.2) is 42.5 Å². The Hall–Kier alpha value is -3.02. The van der Waals surface area contributed by atoms with Crippen LogP contribution in [-0.4, -0.2) is 21.6 Å². The first-order chi connectivity index (χ1) is 12.4. The number of carbonyl (C=O) groups excluding carboxylic acids is 1. The van der Waals surface area contributed by atoms with Crippen LogP contribution >= 0.6 is 0 Å². The van der Waals surface area contributed by atoms with Gasteiger partial charge >= 0.3 is 6.03 Å². The Labute approximate surface area is 152 Å². The smallest absolute Gasteiger partial charge is 0.319 e. The fraction of sp³-hybridized carbons (Fsp3) is 0.300. The van der Waals surface area contributed by atoms with Crippen molar-refractivity contribution in [3.63, 3.8) is 0 Å². The number of fused-ring (bicyclic) bond motifs is 2. The van der Waals surface area contributed by atoms with Gasteiger partial charge in [-0.3, -0.25) is 0 Å². The van der Waals surface area contributed by atoms with E-state index in [1.165, 1.54) is 0 Å². The summed E-state index contributed by atoms with van der Waals surface area (Å²) >= 11 is 0. The van der Waals surface area contributed by atoms with Crippen molar-refractivity contribution < 1.29 is 9.53 Å². The number of urea groups is 1. The standard InChI is InChI=1S/C20H22N4O2/c1-12(18-22-14-8-4-5-9-15(14)23-18)21-19(25)24-16-10-6-7-13-11-20(2,3)26-17(13)16/h4-10,12H,11H2,1-3H3,(H,22,23)(H2,21,24,25). The van der Waals surface area contributed by atoms with Crippen molar-refractivity contribution in [2.75, 3.05) is 5.32 Å². The molecule has 6 heteroatoms. The van der Waals surface area contributed by atoms with Gasteiger partial charge in [0.05, 0.1) is 22.8 Å². The van der Waals surface area contributed by atoms with E-state index in [1.54, 1.807) is 0 Å². The number of para-hydroxylation sites is 3. The number of nitrogens with one attached hydrogen (secondary N) is 3. The zero-order valence-electron chi connectivity index (χ0n) is 15.1. The van der Waals surface area contributed by atoms with E-state index < -0.39 is 0 Å². The molecule has 0 aliphatic carbocycles. The first-order valence-electron chi connectivity index (χ1n) is 8.74. The highest BCUT2D eigenvalue weighted by molar-refractivity contribution is 5.91. The first-order valence-corrected chi connectivity index (χ1v) is 8.74. The number of imidazole rings is 1. The van der Waals surface area contributed by atoms with E-state index in [-0.39, 0.29) is 17.7 Å². The van der Waals surface area contributed by atoms with Crippen molar-refractivity contribution in [3.8, 4) is 5.75 Å². The number of anilines is 1. The minimum Gasteiger partial charge on any atom is -0.485 e. The molecular formula is C20H22N4O2.